The van der Waals surface area contributed by atoms with Crippen molar-refractivity contribution in [2.24, 2.45) is 0 Å². The van der Waals surface area contributed by atoms with Crippen molar-refractivity contribution in [2.75, 3.05) is 0 Å². The Bertz CT molecular complexity index is 777. The monoisotopic (exact) mass is 269 g/mol. The first-order chi connectivity index (χ1) is 9.75. The molecule has 0 radical (unpaired) electrons. The molecule has 4 nitrogen and oxygen atoms in total. The van der Waals surface area contributed by atoms with Crippen LogP contribution < -0.4 is 5.69 Å². The molecule has 0 unspecified atom stereocenters. The zero-order chi connectivity index (χ0) is 13.9. The molecule has 1 heterocycles. The summed E-state index contributed by atoms with van der Waals surface area (Å²) in [4.78, 5) is 11.9. The average molecular weight is 269 g/mol. The van der Waals surface area contributed by atoms with Crippen molar-refractivity contribution in [2.45, 2.75) is 6.42 Å². The number of hydrogen-bond acceptors (Lipinski definition) is 2. The van der Waals surface area contributed by atoms with Gasteiger partial charge in [0, 0.05) is 6.42 Å². The highest BCUT2D eigenvalue weighted by Gasteiger charge is 2.12. The minimum absolute atomic E-state index is 0.250. The molecule has 0 saturated carbocycles. The van der Waals surface area contributed by atoms with Crippen LogP contribution in [-0.2, 0) is 6.42 Å². The van der Waals surface area contributed by atoms with Gasteiger partial charge in [0.05, 0.1) is 5.69 Å². The van der Waals surface area contributed by atoms with Crippen LogP contribution in [-0.4, -0.2) is 14.8 Å². The van der Waals surface area contributed by atoms with Crippen molar-refractivity contribution in [3.63, 3.8) is 0 Å². The van der Waals surface area contributed by atoms with E-state index in [1.807, 2.05) is 30.3 Å². The molecule has 0 saturated heterocycles. The minimum atomic E-state index is -0.331. The zero-order valence-electron chi connectivity index (χ0n) is 10.6. The van der Waals surface area contributed by atoms with Crippen molar-refractivity contribution in [3.8, 4) is 5.69 Å². The van der Waals surface area contributed by atoms with Crippen molar-refractivity contribution in [3.05, 3.63) is 82.3 Å². The molecule has 0 aliphatic heterocycles. The molecule has 0 spiro atoms. The van der Waals surface area contributed by atoms with E-state index in [1.54, 1.807) is 18.2 Å². The number of aromatic amines is 1. The van der Waals surface area contributed by atoms with Gasteiger partial charge >= 0.3 is 5.69 Å². The van der Waals surface area contributed by atoms with Gasteiger partial charge in [0.1, 0.15) is 11.6 Å². The fourth-order valence-corrected chi connectivity index (χ4v) is 2.10. The van der Waals surface area contributed by atoms with Crippen LogP contribution in [0.5, 0.6) is 0 Å². The number of benzene rings is 2. The van der Waals surface area contributed by atoms with Gasteiger partial charge < -0.3 is 0 Å². The maximum atomic E-state index is 13.7. The summed E-state index contributed by atoms with van der Waals surface area (Å²) >= 11 is 0. The van der Waals surface area contributed by atoms with Gasteiger partial charge in [0.15, 0.2) is 0 Å². The topological polar surface area (TPSA) is 50.7 Å². The summed E-state index contributed by atoms with van der Waals surface area (Å²) in [5, 5.41) is 6.40. The molecule has 0 aliphatic rings. The molecule has 5 heteroatoms. The molecular formula is C15H12FN3O. The first kappa shape index (κ1) is 12.3. The maximum absolute atomic E-state index is 13.7. The van der Waals surface area contributed by atoms with Gasteiger partial charge in [0.2, 0.25) is 0 Å². The van der Waals surface area contributed by atoms with Gasteiger partial charge in [-0.25, -0.2) is 18.9 Å². The standard InChI is InChI=1S/C15H12FN3O/c16-13-9-5-4-6-11(13)10-14-17-18-15(20)19(14)12-7-2-1-3-8-12/h1-9H,10H2,(H,18,20). The Labute approximate surface area is 114 Å². The van der Waals surface area contributed by atoms with E-state index in [-0.39, 0.29) is 17.9 Å². The lowest BCUT2D eigenvalue weighted by atomic mass is 10.1. The number of hydrogen-bond donors (Lipinski definition) is 1. The Kier molecular flexibility index (Phi) is 3.16. The van der Waals surface area contributed by atoms with E-state index in [4.69, 9.17) is 0 Å². The molecule has 0 bridgehead atoms. The molecule has 0 amide bonds. The number of H-pyrrole nitrogens is 1. The quantitative estimate of drug-likeness (QED) is 0.793. The molecule has 2 aromatic carbocycles. The van der Waals surface area contributed by atoms with E-state index in [0.717, 1.165) is 0 Å². The Morgan fingerprint density at radius 2 is 1.75 bits per heavy atom. The highest BCUT2D eigenvalue weighted by Crippen LogP contribution is 2.13. The van der Waals surface area contributed by atoms with E-state index >= 15 is 0 Å². The van der Waals surface area contributed by atoms with Gasteiger partial charge in [0.25, 0.3) is 0 Å². The number of halogens is 1. The fourth-order valence-electron chi connectivity index (χ4n) is 2.10. The predicted octanol–water partition coefficient (Wildman–Crippen LogP) is 2.29. The number of aromatic nitrogens is 3. The highest BCUT2D eigenvalue weighted by atomic mass is 19.1. The SMILES string of the molecule is O=c1[nH]nc(Cc2ccccc2F)n1-c1ccccc1. The second kappa shape index (κ2) is 5.13. The van der Waals surface area contributed by atoms with E-state index in [2.05, 4.69) is 10.2 Å². The van der Waals surface area contributed by atoms with Gasteiger partial charge in [-0.05, 0) is 23.8 Å². The molecular weight excluding hydrogens is 257 g/mol. The second-order valence-electron chi connectivity index (χ2n) is 4.38. The Morgan fingerprint density at radius 3 is 2.50 bits per heavy atom. The van der Waals surface area contributed by atoms with Crippen molar-refractivity contribution in [1.82, 2.24) is 14.8 Å². The largest absolute Gasteiger partial charge is 0.347 e. The third-order valence-electron chi connectivity index (χ3n) is 3.06. The third-order valence-corrected chi connectivity index (χ3v) is 3.06. The van der Waals surface area contributed by atoms with Crippen LogP contribution in [0, 0.1) is 5.82 Å². The number of rotatable bonds is 3. The molecule has 0 fully saturated rings. The summed E-state index contributed by atoms with van der Waals surface area (Å²) in [5.41, 5.74) is 0.879. The summed E-state index contributed by atoms with van der Waals surface area (Å²) in [6.45, 7) is 0. The molecule has 20 heavy (non-hydrogen) atoms. The Morgan fingerprint density at radius 1 is 1.05 bits per heavy atom. The van der Waals surface area contributed by atoms with E-state index in [0.29, 0.717) is 17.1 Å². The molecule has 3 rings (SSSR count). The lowest BCUT2D eigenvalue weighted by Crippen LogP contribution is -2.17. The summed E-state index contributed by atoms with van der Waals surface area (Å²) in [7, 11) is 0. The normalized spacial score (nSPS) is 10.7. The summed E-state index contributed by atoms with van der Waals surface area (Å²) in [6, 6.07) is 15.6. The van der Waals surface area contributed by atoms with Crippen LogP contribution in [0.25, 0.3) is 5.69 Å². The number of para-hydroxylation sites is 1. The maximum Gasteiger partial charge on any atom is 0.347 e. The smallest absolute Gasteiger partial charge is 0.247 e. The van der Waals surface area contributed by atoms with E-state index < -0.39 is 0 Å². The van der Waals surface area contributed by atoms with E-state index in [1.165, 1.54) is 10.6 Å². The Balaban J connectivity index is 2.04. The van der Waals surface area contributed by atoms with Gasteiger partial charge in [-0.15, -0.1) is 0 Å². The van der Waals surface area contributed by atoms with Crippen LogP contribution in [0.4, 0.5) is 4.39 Å². The first-order valence-corrected chi connectivity index (χ1v) is 6.21. The zero-order valence-corrected chi connectivity index (χ0v) is 10.6. The average Bonchev–Trinajstić information content (AvgIpc) is 2.83. The summed E-state index contributed by atoms with van der Waals surface area (Å²) < 4.78 is 15.1. The van der Waals surface area contributed by atoms with E-state index in [9.17, 15) is 9.18 Å². The molecule has 100 valence electrons. The number of nitrogens with one attached hydrogen (secondary N) is 1. The lowest BCUT2D eigenvalue weighted by molar-refractivity contribution is 0.611. The molecule has 1 aromatic heterocycles. The lowest BCUT2D eigenvalue weighted by Gasteiger charge is -2.06. The predicted molar refractivity (Wildman–Crippen MR) is 73.4 cm³/mol. The molecule has 3 aromatic rings. The summed E-state index contributed by atoms with van der Waals surface area (Å²) in [5.74, 6) is 0.175. The molecule has 0 aliphatic carbocycles. The van der Waals surface area contributed by atoms with Crippen LogP contribution in [0.2, 0.25) is 0 Å². The second-order valence-corrected chi connectivity index (χ2v) is 4.38. The highest BCUT2D eigenvalue weighted by molar-refractivity contribution is 5.33. The molecule has 1 N–H and O–H groups in total. The Hall–Kier alpha value is -2.69. The van der Waals surface area contributed by atoms with Crippen molar-refractivity contribution in [1.29, 1.82) is 0 Å². The third kappa shape index (κ3) is 2.25. The van der Waals surface area contributed by atoms with Gasteiger partial charge in [-0.1, -0.05) is 36.4 Å². The number of nitrogens with zero attached hydrogens (tertiary/aromatic N) is 2. The minimum Gasteiger partial charge on any atom is -0.247 e. The van der Waals surface area contributed by atoms with Crippen LogP contribution >= 0.6 is 0 Å². The van der Waals surface area contributed by atoms with Crippen LogP contribution in [0.1, 0.15) is 11.4 Å². The van der Waals surface area contributed by atoms with Crippen LogP contribution in [0.15, 0.2) is 59.4 Å². The summed E-state index contributed by atoms with van der Waals surface area (Å²) in [6.07, 6.45) is 0.250. The molecule has 0 atom stereocenters. The fraction of sp³-hybridized carbons (Fsp3) is 0.0667. The van der Waals surface area contributed by atoms with Crippen LogP contribution in [0.3, 0.4) is 0 Å². The van der Waals surface area contributed by atoms with Crippen molar-refractivity contribution >= 4 is 0 Å². The van der Waals surface area contributed by atoms with Gasteiger partial charge in [-0.2, -0.15) is 5.10 Å². The van der Waals surface area contributed by atoms with Gasteiger partial charge in [-0.3, -0.25) is 0 Å². The first-order valence-electron chi connectivity index (χ1n) is 6.21. The van der Waals surface area contributed by atoms with Crippen molar-refractivity contribution < 1.29 is 4.39 Å².